The van der Waals surface area contributed by atoms with Gasteiger partial charge in [-0.15, -0.1) is 0 Å². The van der Waals surface area contributed by atoms with E-state index in [1.54, 1.807) is 0 Å². The number of hydrogen-bond donors (Lipinski definition) is 1. The van der Waals surface area contributed by atoms with Gasteiger partial charge >= 0.3 is 0 Å². The quantitative estimate of drug-likeness (QED) is 0.817. The summed E-state index contributed by atoms with van der Waals surface area (Å²) in [4.78, 5) is 2.44. The van der Waals surface area contributed by atoms with Gasteiger partial charge in [-0.25, -0.2) is 0 Å². The Morgan fingerprint density at radius 1 is 1.35 bits per heavy atom. The molecule has 0 aliphatic heterocycles. The van der Waals surface area contributed by atoms with E-state index in [4.69, 9.17) is 5.73 Å². The standard InChI is InChI=1S/C15H24N2/c1-3-13-6-4-5-7-14(13)15(10-16)17(2)11-12-8-9-12/h4-7,12,15H,3,8-11,16H2,1-2H3. The molecule has 2 rings (SSSR count). The van der Waals surface area contributed by atoms with Crippen LogP contribution in [0.3, 0.4) is 0 Å². The van der Waals surface area contributed by atoms with Gasteiger partial charge in [-0.2, -0.15) is 0 Å². The predicted molar refractivity (Wildman–Crippen MR) is 73.0 cm³/mol. The van der Waals surface area contributed by atoms with E-state index < -0.39 is 0 Å². The topological polar surface area (TPSA) is 29.3 Å². The Bertz CT molecular complexity index is 358. The lowest BCUT2D eigenvalue weighted by atomic mass is 9.97. The molecule has 0 aromatic heterocycles. The molecular weight excluding hydrogens is 208 g/mol. The largest absolute Gasteiger partial charge is 0.329 e. The maximum absolute atomic E-state index is 5.98. The Labute approximate surface area is 105 Å². The van der Waals surface area contributed by atoms with Crippen molar-refractivity contribution in [3.63, 3.8) is 0 Å². The molecule has 1 saturated carbocycles. The highest BCUT2D eigenvalue weighted by Gasteiger charge is 2.26. The number of rotatable bonds is 6. The molecule has 0 spiro atoms. The summed E-state index contributed by atoms with van der Waals surface area (Å²) in [5.74, 6) is 0.919. The lowest BCUT2D eigenvalue weighted by Gasteiger charge is -2.29. The van der Waals surface area contributed by atoms with E-state index in [0.717, 1.165) is 12.3 Å². The molecule has 0 saturated heterocycles. The summed E-state index contributed by atoms with van der Waals surface area (Å²) < 4.78 is 0. The predicted octanol–water partition coefficient (Wildman–Crippen LogP) is 2.59. The molecule has 1 aromatic rings. The number of benzene rings is 1. The van der Waals surface area contributed by atoms with Crippen LogP contribution in [0.5, 0.6) is 0 Å². The van der Waals surface area contributed by atoms with E-state index in [1.807, 2.05) is 0 Å². The second-order valence-electron chi connectivity index (χ2n) is 5.19. The molecule has 0 bridgehead atoms. The maximum atomic E-state index is 5.98. The monoisotopic (exact) mass is 232 g/mol. The molecule has 2 nitrogen and oxygen atoms in total. The Hall–Kier alpha value is -0.860. The molecule has 1 aromatic carbocycles. The molecule has 2 N–H and O–H groups in total. The van der Waals surface area contributed by atoms with E-state index in [1.165, 1.54) is 30.5 Å². The first kappa shape index (κ1) is 12.6. The average Bonchev–Trinajstić information content (AvgIpc) is 3.14. The minimum Gasteiger partial charge on any atom is -0.329 e. The first-order chi connectivity index (χ1) is 8.26. The minimum atomic E-state index is 0.381. The van der Waals surface area contributed by atoms with Crippen molar-refractivity contribution in [3.8, 4) is 0 Å². The second kappa shape index (κ2) is 5.65. The number of nitrogens with two attached hydrogens (primary N) is 1. The third kappa shape index (κ3) is 3.08. The Morgan fingerprint density at radius 2 is 2.06 bits per heavy atom. The minimum absolute atomic E-state index is 0.381. The number of likely N-dealkylation sites (N-methyl/N-ethyl adjacent to an activating group) is 1. The van der Waals surface area contributed by atoms with Crippen molar-refractivity contribution in [3.05, 3.63) is 35.4 Å². The fourth-order valence-electron chi connectivity index (χ4n) is 2.56. The summed E-state index contributed by atoms with van der Waals surface area (Å²) in [5, 5.41) is 0. The van der Waals surface area contributed by atoms with Gasteiger partial charge in [0.25, 0.3) is 0 Å². The molecular formula is C15H24N2. The SMILES string of the molecule is CCc1ccccc1C(CN)N(C)CC1CC1. The van der Waals surface area contributed by atoms with Crippen molar-refractivity contribution < 1.29 is 0 Å². The number of aryl methyl sites for hydroxylation is 1. The fourth-order valence-corrected chi connectivity index (χ4v) is 2.56. The van der Waals surface area contributed by atoms with Gasteiger partial charge in [0.15, 0.2) is 0 Å². The number of hydrogen-bond acceptors (Lipinski definition) is 2. The van der Waals surface area contributed by atoms with Gasteiger partial charge in [-0.05, 0) is 43.4 Å². The number of nitrogens with zero attached hydrogens (tertiary/aromatic N) is 1. The molecule has 1 unspecified atom stereocenters. The lowest BCUT2D eigenvalue weighted by molar-refractivity contribution is 0.239. The summed E-state index contributed by atoms with van der Waals surface area (Å²) >= 11 is 0. The van der Waals surface area contributed by atoms with Gasteiger partial charge < -0.3 is 5.73 Å². The Morgan fingerprint density at radius 3 is 2.65 bits per heavy atom. The van der Waals surface area contributed by atoms with Crippen LogP contribution in [0.4, 0.5) is 0 Å². The first-order valence-electron chi connectivity index (χ1n) is 6.74. The van der Waals surface area contributed by atoms with Crippen LogP contribution < -0.4 is 5.73 Å². The summed E-state index contributed by atoms with van der Waals surface area (Å²) in [5.41, 5.74) is 8.84. The van der Waals surface area contributed by atoms with E-state index in [9.17, 15) is 0 Å². The van der Waals surface area contributed by atoms with Gasteiger partial charge in [0, 0.05) is 19.1 Å². The first-order valence-corrected chi connectivity index (χ1v) is 6.74. The third-order valence-corrected chi connectivity index (χ3v) is 3.79. The smallest absolute Gasteiger partial charge is 0.0470 e. The van der Waals surface area contributed by atoms with Crippen molar-refractivity contribution in [1.29, 1.82) is 0 Å². The fraction of sp³-hybridized carbons (Fsp3) is 0.600. The Kier molecular flexibility index (Phi) is 4.19. The molecule has 1 aliphatic carbocycles. The highest BCUT2D eigenvalue weighted by atomic mass is 15.1. The molecule has 1 aliphatic rings. The molecule has 1 fully saturated rings. The van der Waals surface area contributed by atoms with E-state index in [-0.39, 0.29) is 0 Å². The molecule has 94 valence electrons. The molecule has 0 radical (unpaired) electrons. The van der Waals surface area contributed by atoms with E-state index >= 15 is 0 Å². The molecule has 1 atom stereocenters. The van der Waals surface area contributed by atoms with Crippen molar-refractivity contribution in [1.82, 2.24) is 4.90 Å². The van der Waals surface area contributed by atoms with Crippen LogP contribution in [0.1, 0.15) is 36.9 Å². The molecule has 0 amide bonds. The highest BCUT2D eigenvalue weighted by molar-refractivity contribution is 5.30. The third-order valence-electron chi connectivity index (χ3n) is 3.79. The van der Waals surface area contributed by atoms with Crippen LogP contribution in [-0.2, 0) is 6.42 Å². The van der Waals surface area contributed by atoms with Crippen molar-refractivity contribution in [2.75, 3.05) is 20.1 Å². The highest BCUT2D eigenvalue weighted by Crippen LogP contribution is 2.32. The van der Waals surface area contributed by atoms with Gasteiger partial charge in [0.1, 0.15) is 0 Å². The zero-order valence-electron chi connectivity index (χ0n) is 11.0. The zero-order chi connectivity index (χ0) is 12.3. The maximum Gasteiger partial charge on any atom is 0.0470 e. The van der Waals surface area contributed by atoms with Gasteiger partial charge in [0.05, 0.1) is 0 Å². The average molecular weight is 232 g/mol. The van der Waals surface area contributed by atoms with Crippen LogP contribution in [0.15, 0.2) is 24.3 Å². The van der Waals surface area contributed by atoms with Crippen LogP contribution in [0, 0.1) is 5.92 Å². The van der Waals surface area contributed by atoms with Gasteiger partial charge in [-0.1, -0.05) is 31.2 Å². The normalized spacial score (nSPS) is 17.4. The van der Waals surface area contributed by atoms with Crippen molar-refractivity contribution in [2.24, 2.45) is 11.7 Å². The molecule has 0 heterocycles. The Balaban J connectivity index is 2.14. The van der Waals surface area contributed by atoms with Crippen molar-refractivity contribution >= 4 is 0 Å². The van der Waals surface area contributed by atoms with Gasteiger partial charge in [-0.3, -0.25) is 4.90 Å². The van der Waals surface area contributed by atoms with E-state index in [2.05, 4.69) is 43.1 Å². The van der Waals surface area contributed by atoms with Crippen LogP contribution >= 0.6 is 0 Å². The van der Waals surface area contributed by atoms with Crippen LogP contribution in [0.2, 0.25) is 0 Å². The summed E-state index contributed by atoms with van der Waals surface area (Å²) in [6.45, 7) is 4.12. The summed E-state index contributed by atoms with van der Waals surface area (Å²) in [6.07, 6.45) is 3.89. The summed E-state index contributed by atoms with van der Waals surface area (Å²) in [7, 11) is 2.21. The zero-order valence-corrected chi connectivity index (χ0v) is 11.0. The lowest BCUT2D eigenvalue weighted by Crippen LogP contribution is -2.32. The molecule has 2 heteroatoms. The van der Waals surface area contributed by atoms with Crippen LogP contribution in [-0.4, -0.2) is 25.0 Å². The molecule has 17 heavy (non-hydrogen) atoms. The van der Waals surface area contributed by atoms with Gasteiger partial charge in [0.2, 0.25) is 0 Å². The second-order valence-corrected chi connectivity index (χ2v) is 5.19. The van der Waals surface area contributed by atoms with Crippen molar-refractivity contribution in [2.45, 2.75) is 32.2 Å². The van der Waals surface area contributed by atoms with E-state index in [0.29, 0.717) is 12.6 Å². The summed E-state index contributed by atoms with van der Waals surface area (Å²) in [6, 6.07) is 9.09. The van der Waals surface area contributed by atoms with Crippen LogP contribution in [0.25, 0.3) is 0 Å².